The molecular formula is C44H38N2. The molecule has 1 aliphatic carbocycles. The van der Waals surface area contributed by atoms with Crippen LogP contribution in [-0.4, -0.2) is 4.98 Å². The first-order valence-corrected chi connectivity index (χ1v) is 16.6. The number of benzene rings is 6. The molecule has 0 aliphatic heterocycles. The van der Waals surface area contributed by atoms with E-state index >= 15 is 0 Å². The summed E-state index contributed by atoms with van der Waals surface area (Å²) in [5, 5.41) is 3.85. The third-order valence-corrected chi connectivity index (χ3v) is 9.94. The summed E-state index contributed by atoms with van der Waals surface area (Å²) in [5.74, 6) is 1.28. The number of anilines is 3. The number of rotatable bonds is 6. The van der Waals surface area contributed by atoms with Crippen LogP contribution in [0.3, 0.4) is 0 Å². The van der Waals surface area contributed by atoms with Crippen LogP contribution in [0.4, 0.5) is 17.1 Å². The molecule has 0 N–H and O–H groups in total. The van der Waals surface area contributed by atoms with Crippen LogP contribution < -0.4 is 4.90 Å². The van der Waals surface area contributed by atoms with Crippen molar-refractivity contribution in [1.82, 2.24) is 4.98 Å². The number of fused-ring (bicyclic) bond motifs is 2. The number of hydrogen-bond donors (Lipinski definition) is 0. The summed E-state index contributed by atoms with van der Waals surface area (Å²) in [7, 11) is 0. The van der Waals surface area contributed by atoms with Gasteiger partial charge in [-0.05, 0) is 120 Å². The molecule has 0 bridgehead atoms. The van der Waals surface area contributed by atoms with E-state index in [0.717, 1.165) is 27.8 Å². The Morgan fingerprint density at radius 1 is 0.478 bits per heavy atom. The van der Waals surface area contributed by atoms with Crippen molar-refractivity contribution in [2.24, 2.45) is 0 Å². The lowest BCUT2D eigenvalue weighted by atomic mass is 9.76. The summed E-state index contributed by atoms with van der Waals surface area (Å²) in [5.41, 5.74) is 11.0. The smallest absolute Gasteiger partial charge is 0.0702 e. The second-order valence-electron chi connectivity index (χ2n) is 12.9. The first-order valence-electron chi connectivity index (χ1n) is 16.6. The van der Waals surface area contributed by atoms with E-state index in [9.17, 15) is 0 Å². The quantitative estimate of drug-likeness (QED) is 0.190. The van der Waals surface area contributed by atoms with E-state index in [2.05, 4.69) is 156 Å². The molecule has 1 saturated carbocycles. The van der Waals surface area contributed by atoms with Gasteiger partial charge in [-0.3, -0.25) is 4.98 Å². The molecule has 7 aromatic rings. The number of hydrogen-bond acceptors (Lipinski definition) is 2. The summed E-state index contributed by atoms with van der Waals surface area (Å²) in [6.07, 6.45) is 6.95. The average Bonchev–Trinajstić information content (AvgIpc) is 3.13. The third kappa shape index (κ3) is 5.68. The Kier molecular flexibility index (Phi) is 7.56. The molecule has 0 radical (unpaired) electrons. The van der Waals surface area contributed by atoms with Gasteiger partial charge in [0.15, 0.2) is 0 Å². The maximum atomic E-state index is 4.69. The van der Waals surface area contributed by atoms with Crippen molar-refractivity contribution in [3.63, 3.8) is 0 Å². The van der Waals surface area contributed by atoms with Gasteiger partial charge in [-0.15, -0.1) is 0 Å². The number of pyridine rings is 1. The Labute approximate surface area is 272 Å². The first kappa shape index (κ1) is 28.3. The van der Waals surface area contributed by atoms with Crippen molar-refractivity contribution in [1.29, 1.82) is 0 Å². The maximum Gasteiger partial charge on any atom is 0.0702 e. The molecule has 224 valence electrons. The van der Waals surface area contributed by atoms with Crippen molar-refractivity contribution in [2.75, 3.05) is 4.90 Å². The lowest BCUT2D eigenvalue weighted by Crippen LogP contribution is -2.13. The van der Waals surface area contributed by atoms with Gasteiger partial charge in [0.25, 0.3) is 0 Å². The molecule has 0 unspecified atom stereocenters. The fourth-order valence-electron chi connectivity index (χ4n) is 7.29. The second-order valence-corrected chi connectivity index (χ2v) is 12.9. The molecule has 8 rings (SSSR count). The molecule has 0 spiro atoms. The van der Waals surface area contributed by atoms with Gasteiger partial charge in [-0.1, -0.05) is 103 Å². The van der Waals surface area contributed by atoms with Crippen LogP contribution in [-0.2, 0) is 0 Å². The van der Waals surface area contributed by atoms with Crippen molar-refractivity contribution < 1.29 is 0 Å². The number of aryl methyl sites for hydroxylation is 1. The highest BCUT2D eigenvalue weighted by Crippen LogP contribution is 2.42. The van der Waals surface area contributed by atoms with Gasteiger partial charge in [0.2, 0.25) is 0 Å². The van der Waals surface area contributed by atoms with Crippen LogP contribution in [0.25, 0.3) is 32.8 Å². The Bertz CT molecular complexity index is 2100. The molecule has 0 atom stereocenters. The fourth-order valence-corrected chi connectivity index (χ4v) is 7.29. The summed E-state index contributed by atoms with van der Waals surface area (Å²) in [6.45, 7) is 2.14. The number of nitrogens with zero attached hydrogens (tertiary/aromatic N) is 2. The molecule has 1 aliphatic rings. The lowest BCUT2D eigenvalue weighted by molar-refractivity contribution is 0.396. The molecule has 6 aromatic carbocycles. The zero-order chi connectivity index (χ0) is 30.9. The number of para-hydroxylation sites is 1. The highest BCUT2D eigenvalue weighted by Gasteiger charge is 2.24. The standard InChI is InChI=1S/C44H38N2/c1-31-10-22-41(23-11-31)46(43-26-20-36(21-27-43)40-29-39-8-4-5-9-44(39)45-30-40)42-24-18-34(19-25-42)33-12-14-35(15-13-33)38-17-16-32-6-2-3-7-37(32)28-38/h2-11,16-30,33,35H,12-15H2,1H3. The normalized spacial score (nSPS) is 16.5. The van der Waals surface area contributed by atoms with Crippen molar-refractivity contribution in [3.05, 3.63) is 168 Å². The van der Waals surface area contributed by atoms with Gasteiger partial charge in [0, 0.05) is 34.2 Å². The summed E-state index contributed by atoms with van der Waals surface area (Å²) in [6, 6.07) is 53.4. The fraction of sp³-hybridized carbons (Fsp3) is 0.159. The van der Waals surface area contributed by atoms with Gasteiger partial charge >= 0.3 is 0 Å². The highest BCUT2D eigenvalue weighted by atomic mass is 15.1. The third-order valence-electron chi connectivity index (χ3n) is 9.94. The molecule has 1 heterocycles. The molecule has 2 nitrogen and oxygen atoms in total. The predicted octanol–water partition coefficient (Wildman–Crippen LogP) is 12.3. The lowest BCUT2D eigenvalue weighted by Gasteiger charge is -2.30. The summed E-state index contributed by atoms with van der Waals surface area (Å²) >= 11 is 0. The van der Waals surface area contributed by atoms with Gasteiger partial charge in [-0.2, -0.15) is 0 Å². The average molecular weight is 595 g/mol. The van der Waals surface area contributed by atoms with E-state index in [-0.39, 0.29) is 0 Å². The first-order chi connectivity index (χ1) is 22.7. The van der Waals surface area contributed by atoms with E-state index in [1.165, 1.54) is 64.4 Å². The largest absolute Gasteiger partial charge is 0.311 e. The monoisotopic (exact) mass is 594 g/mol. The predicted molar refractivity (Wildman–Crippen MR) is 194 cm³/mol. The molecule has 0 saturated heterocycles. The Morgan fingerprint density at radius 3 is 1.72 bits per heavy atom. The van der Waals surface area contributed by atoms with E-state index in [4.69, 9.17) is 0 Å². The SMILES string of the molecule is Cc1ccc(N(c2ccc(-c3cnc4ccccc4c3)cc2)c2ccc(C3CCC(c4ccc5ccccc5c4)CC3)cc2)cc1. The molecule has 46 heavy (non-hydrogen) atoms. The van der Waals surface area contributed by atoms with E-state index < -0.39 is 0 Å². The minimum Gasteiger partial charge on any atom is -0.311 e. The summed E-state index contributed by atoms with van der Waals surface area (Å²) in [4.78, 5) is 7.05. The van der Waals surface area contributed by atoms with Crippen molar-refractivity contribution >= 4 is 38.7 Å². The van der Waals surface area contributed by atoms with Crippen LogP contribution in [0.15, 0.2) is 152 Å². The molecular weight excluding hydrogens is 556 g/mol. The Balaban J connectivity index is 1.02. The maximum absolute atomic E-state index is 4.69. The number of aromatic nitrogens is 1. The van der Waals surface area contributed by atoms with E-state index in [1.54, 1.807) is 0 Å². The topological polar surface area (TPSA) is 16.1 Å². The van der Waals surface area contributed by atoms with Crippen LogP contribution >= 0.6 is 0 Å². The van der Waals surface area contributed by atoms with E-state index in [0.29, 0.717) is 11.8 Å². The second kappa shape index (κ2) is 12.3. The summed E-state index contributed by atoms with van der Waals surface area (Å²) < 4.78 is 0. The van der Waals surface area contributed by atoms with Crippen LogP contribution in [0, 0.1) is 6.92 Å². The van der Waals surface area contributed by atoms with Crippen molar-refractivity contribution in [2.45, 2.75) is 44.4 Å². The van der Waals surface area contributed by atoms with Gasteiger partial charge < -0.3 is 4.90 Å². The van der Waals surface area contributed by atoms with Gasteiger partial charge in [0.05, 0.1) is 5.52 Å². The van der Waals surface area contributed by atoms with E-state index in [1.807, 2.05) is 12.3 Å². The van der Waals surface area contributed by atoms with Crippen LogP contribution in [0.1, 0.15) is 54.2 Å². The zero-order valence-corrected chi connectivity index (χ0v) is 26.3. The molecule has 1 aromatic heterocycles. The molecule has 0 amide bonds. The molecule has 1 fully saturated rings. The minimum absolute atomic E-state index is 0.619. The van der Waals surface area contributed by atoms with Crippen LogP contribution in [0.2, 0.25) is 0 Å². The highest BCUT2D eigenvalue weighted by molar-refractivity contribution is 5.85. The van der Waals surface area contributed by atoms with Gasteiger partial charge in [-0.25, -0.2) is 0 Å². The zero-order valence-electron chi connectivity index (χ0n) is 26.3. The van der Waals surface area contributed by atoms with Crippen molar-refractivity contribution in [3.8, 4) is 11.1 Å². The van der Waals surface area contributed by atoms with Gasteiger partial charge in [0.1, 0.15) is 0 Å². The van der Waals surface area contributed by atoms with Crippen LogP contribution in [0.5, 0.6) is 0 Å². The Hall–Kier alpha value is -5.21. The molecule has 2 heteroatoms. The minimum atomic E-state index is 0.619. The Morgan fingerprint density at radius 2 is 1.02 bits per heavy atom.